The molecular weight excluding hydrogens is 375 g/mol. The fourth-order valence-electron chi connectivity index (χ4n) is 1.89. The topological polar surface area (TPSA) is 37.3 Å². The number of hydrogen-bond acceptors (Lipinski definition) is 1. The standard InChI is InChI=1S/C18H29IO2/c1-2-3-4-5-6-7-8-9-10-11-12-13-14-15-16-17(19)18(20)21/h3-4,6-7,9-10,17H,2,5,8,11-16H2,1H3,(H,20,21)/b4-3-,7-6-,10-9-. The maximum Gasteiger partial charge on any atom is 0.316 e. The summed E-state index contributed by atoms with van der Waals surface area (Å²) in [5.41, 5.74) is 0. The van der Waals surface area contributed by atoms with E-state index < -0.39 is 5.97 Å². The summed E-state index contributed by atoms with van der Waals surface area (Å²) < 4.78 is -0.221. The fourth-order valence-corrected chi connectivity index (χ4v) is 2.33. The zero-order valence-electron chi connectivity index (χ0n) is 13.1. The molecule has 1 unspecified atom stereocenters. The highest BCUT2D eigenvalue weighted by atomic mass is 127. The van der Waals surface area contributed by atoms with Crippen molar-refractivity contribution in [2.75, 3.05) is 0 Å². The van der Waals surface area contributed by atoms with Crippen molar-refractivity contribution < 1.29 is 9.90 Å². The molecule has 0 saturated carbocycles. The smallest absolute Gasteiger partial charge is 0.316 e. The van der Waals surface area contributed by atoms with Crippen LogP contribution in [0.25, 0.3) is 0 Å². The van der Waals surface area contributed by atoms with Crippen LogP contribution in [0.15, 0.2) is 36.5 Å². The van der Waals surface area contributed by atoms with Gasteiger partial charge in [-0.15, -0.1) is 0 Å². The molecule has 1 atom stereocenters. The molecule has 1 N–H and O–H groups in total. The van der Waals surface area contributed by atoms with Crippen molar-refractivity contribution in [3.8, 4) is 0 Å². The van der Waals surface area contributed by atoms with Gasteiger partial charge in [0.2, 0.25) is 0 Å². The van der Waals surface area contributed by atoms with E-state index in [0.29, 0.717) is 0 Å². The molecule has 0 aromatic carbocycles. The second-order valence-electron chi connectivity index (χ2n) is 5.09. The van der Waals surface area contributed by atoms with E-state index in [0.717, 1.165) is 44.9 Å². The summed E-state index contributed by atoms with van der Waals surface area (Å²) in [7, 11) is 0. The quantitative estimate of drug-likeness (QED) is 0.175. The number of halogens is 1. The lowest BCUT2D eigenvalue weighted by Crippen LogP contribution is -2.11. The summed E-state index contributed by atoms with van der Waals surface area (Å²) in [5, 5.41) is 8.76. The predicted octanol–water partition coefficient (Wildman–Crippen LogP) is 6.07. The fraction of sp³-hybridized carbons (Fsp3) is 0.611. The Labute approximate surface area is 143 Å². The van der Waals surface area contributed by atoms with Crippen LogP contribution in [-0.2, 0) is 4.79 Å². The van der Waals surface area contributed by atoms with Gasteiger partial charge in [0, 0.05) is 0 Å². The zero-order chi connectivity index (χ0) is 15.8. The van der Waals surface area contributed by atoms with Crippen molar-refractivity contribution in [2.45, 2.75) is 68.6 Å². The third kappa shape index (κ3) is 15.6. The first-order valence-corrected chi connectivity index (χ1v) is 9.25. The van der Waals surface area contributed by atoms with Crippen LogP contribution >= 0.6 is 22.6 Å². The molecule has 0 spiro atoms. The number of carbonyl (C=O) groups is 1. The third-order valence-corrected chi connectivity index (χ3v) is 4.28. The van der Waals surface area contributed by atoms with Gasteiger partial charge in [-0.3, -0.25) is 4.79 Å². The highest BCUT2D eigenvalue weighted by Gasteiger charge is 2.11. The average molecular weight is 404 g/mol. The number of carboxylic acids is 1. The Balaban J connectivity index is 3.33. The zero-order valence-corrected chi connectivity index (χ0v) is 15.3. The van der Waals surface area contributed by atoms with Gasteiger partial charge in [-0.1, -0.05) is 85.2 Å². The van der Waals surface area contributed by atoms with Crippen LogP contribution in [0, 0.1) is 0 Å². The molecule has 0 aliphatic carbocycles. The molecular formula is C18H29IO2. The lowest BCUT2D eigenvalue weighted by atomic mass is 10.1. The first-order chi connectivity index (χ1) is 10.2. The van der Waals surface area contributed by atoms with Gasteiger partial charge in [-0.2, -0.15) is 0 Å². The van der Waals surface area contributed by atoms with E-state index in [1.54, 1.807) is 0 Å². The van der Waals surface area contributed by atoms with Crippen molar-refractivity contribution in [1.29, 1.82) is 0 Å². The molecule has 0 amide bonds. The number of allylic oxidation sites excluding steroid dienone is 6. The van der Waals surface area contributed by atoms with Gasteiger partial charge in [-0.05, 0) is 38.5 Å². The molecule has 0 bridgehead atoms. The minimum atomic E-state index is -0.684. The van der Waals surface area contributed by atoms with Crippen molar-refractivity contribution in [2.24, 2.45) is 0 Å². The maximum atomic E-state index is 10.6. The lowest BCUT2D eigenvalue weighted by molar-refractivity contribution is -0.136. The molecule has 120 valence electrons. The van der Waals surface area contributed by atoms with Gasteiger partial charge in [-0.25, -0.2) is 0 Å². The van der Waals surface area contributed by atoms with Crippen LogP contribution in [0.2, 0.25) is 0 Å². The van der Waals surface area contributed by atoms with Gasteiger partial charge in [0.25, 0.3) is 0 Å². The Morgan fingerprint density at radius 3 is 2.14 bits per heavy atom. The van der Waals surface area contributed by atoms with Crippen LogP contribution in [0.4, 0.5) is 0 Å². The summed E-state index contributed by atoms with van der Waals surface area (Å²) in [4.78, 5) is 10.6. The van der Waals surface area contributed by atoms with E-state index in [1.807, 2.05) is 22.6 Å². The summed E-state index contributed by atoms with van der Waals surface area (Å²) in [5.74, 6) is -0.684. The van der Waals surface area contributed by atoms with E-state index in [2.05, 4.69) is 43.4 Å². The molecule has 0 saturated heterocycles. The molecule has 2 nitrogen and oxygen atoms in total. The Bertz CT molecular complexity index is 332. The molecule has 0 aromatic rings. The number of hydrogen-bond donors (Lipinski definition) is 1. The molecule has 0 heterocycles. The molecule has 3 heteroatoms. The highest BCUT2D eigenvalue weighted by Crippen LogP contribution is 2.13. The SMILES string of the molecule is CC/C=C\C/C=C\C/C=C\CCCCCCC(I)C(=O)O. The van der Waals surface area contributed by atoms with Crippen LogP contribution in [0.1, 0.15) is 64.7 Å². The molecule has 0 aliphatic heterocycles. The molecule has 0 fully saturated rings. The maximum absolute atomic E-state index is 10.6. The largest absolute Gasteiger partial charge is 0.480 e. The van der Waals surface area contributed by atoms with Crippen LogP contribution in [-0.4, -0.2) is 15.0 Å². The first-order valence-electron chi connectivity index (χ1n) is 8.00. The van der Waals surface area contributed by atoms with Crippen molar-refractivity contribution in [1.82, 2.24) is 0 Å². The first kappa shape index (κ1) is 20.4. The van der Waals surface area contributed by atoms with Gasteiger partial charge in [0.05, 0.1) is 0 Å². The summed E-state index contributed by atoms with van der Waals surface area (Å²) in [6, 6.07) is 0. The van der Waals surface area contributed by atoms with Gasteiger partial charge >= 0.3 is 5.97 Å². The predicted molar refractivity (Wildman–Crippen MR) is 100 cm³/mol. The Morgan fingerprint density at radius 1 is 0.952 bits per heavy atom. The third-order valence-electron chi connectivity index (χ3n) is 3.13. The van der Waals surface area contributed by atoms with E-state index in [4.69, 9.17) is 5.11 Å². The number of alkyl halides is 1. The second-order valence-corrected chi connectivity index (χ2v) is 6.59. The van der Waals surface area contributed by atoms with Crippen LogP contribution < -0.4 is 0 Å². The minimum absolute atomic E-state index is 0.221. The molecule has 0 radical (unpaired) electrons. The molecule has 0 aromatic heterocycles. The lowest BCUT2D eigenvalue weighted by Gasteiger charge is -2.03. The van der Waals surface area contributed by atoms with Gasteiger partial charge in [0.1, 0.15) is 3.92 Å². The molecule has 0 rings (SSSR count). The van der Waals surface area contributed by atoms with E-state index >= 15 is 0 Å². The monoisotopic (exact) mass is 404 g/mol. The van der Waals surface area contributed by atoms with Crippen molar-refractivity contribution in [3.05, 3.63) is 36.5 Å². The average Bonchev–Trinajstić information content (AvgIpc) is 2.47. The van der Waals surface area contributed by atoms with Crippen molar-refractivity contribution >= 4 is 28.6 Å². The summed E-state index contributed by atoms with van der Waals surface area (Å²) in [6.07, 6.45) is 23.0. The Kier molecular flexibility index (Phi) is 15.4. The Hall–Kier alpha value is -0.580. The second kappa shape index (κ2) is 15.8. The number of rotatable bonds is 13. The van der Waals surface area contributed by atoms with Crippen molar-refractivity contribution in [3.63, 3.8) is 0 Å². The molecule has 21 heavy (non-hydrogen) atoms. The minimum Gasteiger partial charge on any atom is -0.480 e. The van der Waals surface area contributed by atoms with E-state index in [9.17, 15) is 4.79 Å². The summed E-state index contributed by atoms with van der Waals surface area (Å²) in [6.45, 7) is 2.15. The highest BCUT2D eigenvalue weighted by molar-refractivity contribution is 14.1. The van der Waals surface area contributed by atoms with E-state index in [1.165, 1.54) is 12.8 Å². The van der Waals surface area contributed by atoms with Crippen LogP contribution in [0.3, 0.4) is 0 Å². The van der Waals surface area contributed by atoms with Crippen LogP contribution in [0.5, 0.6) is 0 Å². The van der Waals surface area contributed by atoms with Gasteiger partial charge in [0.15, 0.2) is 0 Å². The number of unbranched alkanes of at least 4 members (excludes halogenated alkanes) is 4. The number of aliphatic carboxylic acids is 1. The Morgan fingerprint density at radius 2 is 1.52 bits per heavy atom. The van der Waals surface area contributed by atoms with Gasteiger partial charge < -0.3 is 5.11 Å². The summed E-state index contributed by atoms with van der Waals surface area (Å²) >= 11 is 2.01. The normalized spacial score (nSPS) is 13.6. The van der Waals surface area contributed by atoms with E-state index in [-0.39, 0.29) is 3.92 Å². The molecule has 0 aliphatic rings. The number of carboxylic acid groups (broad SMARTS) is 1.